The van der Waals surface area contributed by atoms with E-state index in [9.17, 15) is 0 Å². The molecule has 0 bridgehead atoms. The molecule has 0 aliphatic heterocycles. The third kappa shape index (κ3) is 3.33. The number of allylic oxidation sites excluding steroid dienone is 1. The van der Waals surface area contributed by atoms with Crippen molar-refractivity contribution >= 4 is 23.1 Å². The van der Waals surface area contributed by atoms with E-state index in [2.05, 4.69) is 63.2 Å². The van der Waals surface area contributed by atoms with Crippen LogP contribution in [-0.2, 0) is 25.8 Å². The predicted molar refractivity (Wildman–Crippen MR) is 103 cm³/mol. The Balaban J connectivity index is 2.26. The molecule has 2 aromatic rings. The number of fused-ring (bicyclic) bond motifs is 1. The molecule has 1 aliphatic carbocycles. The zero-order valence-corrected chi connectivity index (χ0v) is 18.5. The van der Waals surface area contributed by atoms with Gasteiger partial charge in [0.15, 0.2) is 0 Å². The standard InChI is InChI=1S/C21H23.2ClH.Zr/c1-4-8-16-13-18-12-11-17(5-2)21(20(18)14-16)19-10-7-6-9-15(19)3;;;/h6-7,9-14H,4-5,8H2,1-3H3;2*1H;/q;;;+2/p-2. The van der Waals surface area contributed by atoms with Crippen molar-refractivity contribution in [3.63, 3.8) is 0 Å². The fourth-order valence-electron chi connectivity index (χ4n) is 3.79. The topological polar surface area (TPSA) is 0 Å². The van der Waals surface area contributed by atoms with Gasteiger partial charge in [-0.25, -0.2) is 0 Å². The summed E-state index contributed by atoms with van der Waals surface area (Å²) in [7, 11) is 13.1. The number of benzene rings is 2. The molecule has 3 heteroatoms. The minimum absolute atomic E-state index is 0.319. The quantitative estimate of drug-likeness (QED) is 0.457. The second kappa shape index (κ2) is 7.90. The van der Waals surface area contributed by atoms with E-state index in [4.69, 9.17) is 17.0 Å². The summed E-state index contributed by atoms with van der Waals surface area (Å²) in [5.41, 5.74) is 9.66. The van der Waals surface area contributed by atoms with Crippen LogP contribution in [0.4, 0.5) is 0 Å². The molecular formula is C21H23Cl2Zr. The van der Waals surface area contributed by atoms with Crippen LogP contribution in [0.2, 0.25) is 0 Å². The van der Waals surface area contributed by atoms with Crippen LogP contribution in [-0.4, -0.2) is 0 Å². The molecule has 0 saturated carbocycles. The first kappa shape index (κ1) is 18.4. The molecule has 0 amide bonds. The summed E-state index contributed by atoms with van der Waals surface area (Å²) < 4.78 is 0.319. The summed E-state index contributed by atoms with van der Waals surface area (Å²) in [6.07, 6.45) is 5.67. The average Bonchev–Trinajstić information content (AvgIpc) is 2.93. The van der Waals surface area contributed by atoms with Crippen molar-refractivity contribution in [3.05, 3.63) is 64.2 Å². The fraction of sp³-hybridized carbons (Fsp3) is 0.333. The van der Waals surface area contributed by atoms with Crippen molar-refractivity contribution < 1.29 is 19.4 Å². The molecule has 0 fully saturated rings. The van der Waals surface area contributed by atoms with Crippen LogP contribution in [0.5, 0.6) is 0 Å². The van der Waals surface area contributed by atoms with Crippen molar-refractivity contribution in [3.8, 4) is 11.1 Å². The van der Waals surface area contributed by atoms with Crippen LogP contribution in [0.15, 0.2) is 42.0 Å². The Morgan fingerprint density at radius 2 is 1.79 bits per heavy atom. The van der Waals surface area contributed by atoms with Crippen molar-refractivity contribution in [2.24, 2.45) is 0 Å². The van der Waals surface area contributed by atoms with Gasteiger partial charge in [0.05, 0.1) is 0 Å². The number of rotatable bonds is 5. The van der Waals surface area contributed by atoms with Crippen LogP contribution < -0.4 is 0 Å². The minimum atomic E-state index is -2.42. The number of aryl methyl sites for hydroxylation is 2. The molecule has 0 radical (unpaired) electrons. The van der Waals surface area contributed by atoms with Gasteiger partial charge in [0, 0.05) is 0 Å². The second-order valence-electron chi connectivity index (χ2n) is 6.46. The third-order valence-corrected chi connectivity index (χ3v) is 10.3. The Morgan fingerprint density at radius 3 is 2.42 bits per heavy atom. The summed E-state index contributed by atoms with van der Waals surface area (Å²) in [6, 6.07) is 13.3. The van der Waals surface area contributed by atoms with Gasteiger partial charge in [0.2, 0.25) is 0 Å². The Hall–Kier alpha value is -0.357. The van der Waals surface area contributed by atoms with Gasteiger partial charge in [-0.15, -0.1) is 0 Å². The Kier molecular flexibility index (Phi) is 6.07. The normalized spacial score (nSPS) is 16.0. The van der Waals surface area contributed by atoms with Crippen LogP contribution in [0.25, 0.3) is 17.2 Å². The molecule has 1 aliphatic rings. The van der Waals surface area contributed by atoms with Gasteiger partial charge in [0.25, 0.3) is 0 Å². The first-order chi connectivity index (χ1) is 11.6. The molecular weight excluding hydrogens is 414 g/mol. The number of halogens is 2. The Bertz CT molecular complexity index is 777. The number of hydrogen-bond donors (Lipinski definition) is 0. The number of hydrogen-bond acceptors (Lipinski definition) is 0. The maximum atomic E-state index is 6.57. The molecule has 2 aromatic carbocycles. The SMILES string of the molecule is CCCC1=Cc2c(ccc(CC)c2-c2ccccc2C)[CH]1[Zr]([Cl])[Cl]. The summed E-state index contributed by atoms with van der Waals surface area (Å²) in [5, 5.41) is 0. The van der Waals surface area contributed by atoms with Gasteiger partial charge in [-0.3, -0.25) is 0 Å². The molecule has 0 saturated heterocycles. The molecule has 0 heterocycles. The third-order valence-electron chi connectivity index (χ3n) is 4.93. The zero-order chi connectivity index (χ0) is 17.3. The van der Waals surface area contributed by atoms with E-state index in [-0.39, 0.29) is 0 Å². The molecule has 24 heavy (non-hydrogen) atoms. The summed E-state index contributed by atoms with van der Waals surface area (Å²) in [4.78, 5) is 0. The van der Waals surface area contributed by atoms with Gasteiger partial charge in [-0.05, 0) is 0 Å². The van der Waals surface area contributed by atoms with E-state index in [1.165, 1.54) is 39.0 Å². The summed E-state index contributed by atoms with van der Waals surface area (Å²) in [5.74, 6) is 0. The van der Waals surface area contributed by atoms with E-state index < -0.39 is 19.4 Å². The zero-order valence-electron chi connectivity index (χ0n) is 14.5. The van der Waals surface area contributed by atoms with E-state index in [0.29, 0.717) is 3.63 Å². The van der Waals surface area contributed by atoms with Crippen molar-refractivity contribution in [1.82, 2.24) is 0 Å². The van der Waals surface area contributed by atoms with E-state index >= 15 is 0 Å². The first-order valence-electron chi connectivity index (χ1n) is 8.68. The molecule has 0 N–H and O–H groups in total. The molecule has 0 spiro atoms. The average molecular weight is 438 g/mol. The first-order valence-corrected chi connectivity index (χ1v) is 16.4. The van der Waals surface area contributed by atoms with Crippen LogP contribution in [0.1, 0.15) is 52.6 Å². The van der Waals surface area contributed by atoms with Crippen molar-refractivity contribution in [2.45, 2.75) is 43.7 Å². The van der Waals surface area contributed by atoms with Gasteiger partial charge < -0.3 is 0 Å². The van der Waals surface area contributed by atoms with Crippen molar-refractivity contribution in [1.29, 1.82) is 0 Å². The molecule has 3 rings (SSSR count). The van der Waals surface area contributed by atoms with Crippen LogP contribution in [0.3, 0.4) is 0 Å². The van der Waals surface area contributed by atoms with Crippen LogP contribution in [0, 0.1) is 6.92 Å². The second-order valence-corrected chi connectivity index (χ2v) is 15.3. The molecule has 0 aromatic heterocycles. The van der Waals surface area contributed by atoms with E-state index in [1.807, 2.05) is 0 Å². The van der Waals surface area contributed by atoms with Gasteiger partial charge in [0.1, 0.15) is 0 Å². The molecule has 1 atom stereocenters. The van der Waals surface area contributed by atoms with Crippen LogP contribution >= 0.6 is 17.0 Å². The molecule has 125 valence electrons. The van der Waals surface area contributed by atoms with Gasteiger partial charge >= 0.3 is 161 Å². The Labute approximate surface area is 160 Å². The summed E-state index contributed by atoms with van der Waals surface area (Å²) in [6.45, 7) is 6.66. The van der Waals surface area contributed by atoms with Gasteiger partial charge in [-0.1, -0.05) is 0 Å². The Morgan fingerprint density at radius 1 is 1.04 bits per heavy atom. The summed E-state index contributed by atoms with van der Waals surface area (Å²) >= 11 is -2.42. The molecule has 0 nitrogen and oxygen atoms in total. The van der Waals surface area contributed by atoms with Gasteiger partial charge in [-0.2, -0.15) is 0 Å². The maximum absolute atomic E-state index is 6.57. The predicted octanol–water partition coefficient (Wildman–Crippen LogP) is 7.39. The van der Waals surface area contributed by atoms with E-state index in [1.54, 1.807) is 0 Å². The monoisotopic (exact) mass is 435 g/mol. The molecule has 1 unspecified atom stereocenters. The van der Waals surface area contributed by atoms with Crippen molar-refractivity contribution in [2.75, 3.05) is 0 Å². The van der Waals surface area contributed by atoms with E-state index in [0.717, 1.165) is 19.3 Å². The fourth-order valence-corrected chi connectivity index (χ4v) is 9.28.